The molecule has 1 aromatic heterocycles. The summed E-state index contributed by atoms with van der Waals surface area (Å²) in [5.41, 5.74) is 3.33. The predicted molar refractivity (Wildman–Crippen MR) is 76.1 cm³/mol. The van der Waals surface area contributed by atoms with E-state index >= 15 is 0 Å². The molecule has 0 bridgehead atoms. The molecular weight excluding hydrogens is 242 g/mol. The number of aliphatic hydroxyl groups excluding tert-OH is 1. The zero-order valence-corrected chi connectivity index (χ0v) is 11.9. The molecule has 96 valence electrons. The van der Waals surface area contributed by atoms with Crippen molar-refractivity contribution in [2.45, 2.75) is 39.7 Å². The highest BCUT2D eigenvalue weighted by atomic mass is 32.1. The van der Waals surface area contributed by atoms with Crippen LogP contribution in [0.1, 0.15) is 39.7 Å². The van der Waals surface area contributed by atoms with Crippen LogP contribution >= 0.6 is 11.3 Å². The van der Waals surface area contributed by atoms with Gasteiger partial charge in [-0.15, -0.1) is 11.3 Å². The predicted octanol–water partition coefficient (Wildman–Crippen LogP) is 3.60. The zero-order valence-electron chi connectivity index (χ0n) is 11.1. The first-order valence-corrected chi connectivity index (χ1v) is 7.12. The lowest BCUT2D eigenvalue weighted by molar-refractivity contribution is 0.177. The molecule has 2 aromatic rings. The number of aromatic nitrogens is 1. The summed E-state index contributed by atoms with van der Waals surface area (Å²) in [5.74, 6) is 0. The van der Waals surface area contributed by atoms with Gasteiger partial charge in [0.1, 0.15) is 0 Å². The smallest absolute Gasteiger partial charge is 0.0960 e. The molecule has 18 heavy (non-hydrogen) atoms. The number of aliphatic hydroxyl groups is 1. The summed E-state index contributed by atoms with van der Waals surface area (Å²) in [6.45, 7) is 6.20. The molecule has 0 fully saturated rings. The lowest BCUT2D eigenvalue weighted by Gasteiger charge is -2.13. The Morgan fingerprint density at radius 3 is 2.61 bits per heavy atom. The van der Waals surface area contributed by atoms with Crippen LogP contribution in [0.3, 0.4) is 0 Å². The van der Waals surface area contributed by atoms with E-state index in [2.05, 4.69) is 24.9 Å². The molecule has 1 aromatic carbocycles. The third-order valence-electron chi connectivity index (χ3n) is 3.24. The number of hydrogen-bond donors (Lipinski definition) is 1. The van der Waals surface area contributed by atoms with E-state index < -0.39 is 6.10 Å². The molecule has 0 aliphatic carbocycles. The molecule has 3 heteroatoms. The van der Waals surface area contributed by atoms with Gasteiger partial charge < -0.3 is 5.11 Å². The van der Waals surface area contributed by atoms with Crippen LogP contribution in [0.25, 0.3) is 0 Å². The van der Waals surface area contributed by atoms with Gasteiger partial charge in [-0.1, -0.05) is 31.2 Å². The molecule has 0 aliphatic rings. The van der Waals surface area contributed by atoms with Crippen molar-refractivity contribution in [2.24, 2.45) is 0 Å². The van der Waals surface area contributed by atoms with Crippen molar-refractivity contribution in [3.05, 3.63) is 51.0 Å². The second kappa shape index (κ2) is 5.63. The average molecular weight is 261 g/mol. The molecule has 0 aliphatic heterocycles. The van der Waals surface area contributed by atoms with Crippen LogP contribution in [0.5, 0.6) is 0 Å². The highest BCUT2D eigenvalue weighted by molar-refractivity contribution is 7.11. The monoisotopic (exact) mass is 261 g/mol. The fourth-order valence-electron chi connectivity index (χ4n) is 2.08. The van der Waals surface area contributed by atoms with E-state index in [1.165, 1.54) is 10.4 Å². The van der Waals surface area contributed by atoms with Crippen molar-refractivity contribution in [1.82, 2.24) is 4.98 Å². The van der Waals surface area contributed by atoms with Gasteiger partial charge in [0, 0.05) is 11.3 Å². The molecule has 1 atom stereocenters. The van der Waals surface area contributed by atoms with Crippen molar-refractivity contribution in [2.75, 3.05) is 0 Å². The minimum Gasteiger partial charge on any atom is -0.388 e. The van der Waals surface area contributed by atoms with Crippen molar-refractivity contribution in [1.29, 1.82) is 0 Å². The van der Waals surface area contributed by atoms with E-state index in [0.29, 0.717) is 6.42 Å². The molecule has 1 heterocycles. The highest BCUT2D eigenvalue weighted by Gasteiger charge is 2.14. The Labute approximate surface area is 112 Å². The fraction of sp³-hybridized carbons (Fsp3) is 0.400. The first kappa shape index (κ1) is 13.2. The quantitative estimate of drug-likeness (QED) is 0.912. The first-order valence-electron chi connectivity index (χ1n) is 6.30. The van der Waals surface area contributed by atoms with Gasteiger partial charge in [-0.25, -0.2) is 4.98 Å². The zero-order chi connectivity index (χ0) is 13.1. The van der Waals surface area contributed by atoms with Crippen LogP contribution in [0.15, 0.2) is 24.3 Å². The van der Waals surface area contributed by atoms with Crippen molar-refractivity contribution < 1.29 is 5.11 Å². The van der Waals surface area contributed by atoms with Crippen LogP contribution in [0, 0.1) is 13.8 Å². The van der Waals surface area contributed by atoms with Crippen molar-refractivity contribution in [3.8, 4) is 0 Å². The molecule has 0 amide bonds. The van der Waals surface area contributed by atoms with E-state index in [4.69, 9.17) is 0 Å². The Bertz CT molecular complexity index is 514. The Morgan fingerprint density at radius 1 is 1.28 bits per heavy atom. The Kier molecular flexibility index (Phi) is 4.15. The molecule has 1 unspecified atom stereocenters. The van der Waals surface area contributed by atoms with Gasteiger partial charge in [0.15, 0.2) is 0 Å². The molecule has 0 saturated carbocycles. The normalized spacial score (nSPS) is 12.7. The molecule has 0 saturated heterocycles. The minimum atomic E-state index is -0.453. The van der Waals surface area contributed by atoms with Crippen molar-refractivity contribution in [3.63, 3.8) is 0 Å². The lowest BCUT2D eigenvalue weighted by Crippen LogP contribution is -2.04. The standard InChI is InChI=1S/C15H19NOS/c1-4-12-7-5-6-8-13(12)14(17)9-15-16-10(2)11(3)18-15/h5-8,14,17H,4,9H2,1-3H3. The van der Waals surface area contributed by atoms with Gasteiger partial charge >= 0.3 is 0 Å². The number of nitrogens with zero attached hydrogens (tertiary/aromatic N) is 1. The SMILES string of the molecule is CCc1ccccc1C(O)Cc1nc(C)c(C)s1. The number of benzene rings is 1. The highest BCUT2D eigenvalue weighted by Crippen LogP contribution is 2.25. The maximum atomic E-state index is 10.4. The van der Waals surface area contributed by atoms with Crippen LogP contribution in [-0.2, 0) is 12.8 Å². The first-order chi connectivity index (χ1) is 8.61. The van der Waals surface area contributed by atoms with Gasteiger partial charge in [0.05, 0.1) is 16.8 Å². The van der Waals surface area contributed by atoms with E-state index in [0.717, 1.165) is 22.7 Å². The Morgan fingerprint density at radius 2 is 2.00 bits per heavy atom. The van der Waals surface area contributed by atoms with Crippen LogP contribution in [-0.4, -0.2) is 10.1 Å². The maximum absolute atomic E-state index is 10.4. The number of thiazole rings is 1. The van der Waals surface area contributed by atoms with E-state index in [1.54, 1.807) is 11.3 Å². The third kappa shape index (κ3) is 2.79. The largest absolute Gasteiger partial charge is 0.388 e. The average Bonchev–Trinajstić information content (AvgIpc) is 2.68. The Hall–Kier alpha value is -1.19. The summed E-state index contributed by atoms with van der Waals surface area (Å²) in [6.07, 6.45) is 1.10. The van der Waals surface area contributed by atoms with Gasteiger partial charge in [0.25, 0.3) is 0 Å². The second-order valence-corrected chi connectivity index (χ2v) is 5.81. The van der Waals surface area contributed by atoms with Gasteiger partial charge in [-0.3, -0.25) is 0 Å². The van der Waals surface area contributed by atoms with Crippen molar-refractivity contribution >= 4 is 11.3 Å². The molecule has 1 N–H and O–H groups in total. The summed E-state index contributed by atoms with van der Waals surface area (Å²) in [4.78, 5) is 5.73. The van der Waals surface area contributed by atoms with E-state index in [-0.39, 0.29) is 0 Å². The van der Waals surface area contributed by atoms with Gasteiger partial charge in [-0.05, 0) is 31.4 Å². The lowest BCUT2D eigenvalue weighted by atomic mass is 9.99. The summed E-state index contributed by atoms with van der Waals surface area (Å²) >= 11 is 1.68. The van der Waals surface area contributed by atoms with Crippen LogP contribution in [0.2, 0.25) is 0 Å². The second-order valence-electron chi connectivity index (χ2n) is 4.52. The number of hydrogen-bond acceptors (Lipinski definition) is 3. The Balaban J connectivity index is 2.18. The van der Waals surface area contributed by atoms with Gasteiger partial charge in [-0.2, -0.15) is 0 Å². The summed E-state index contributed by atoms with van der Waals surface area (Å²) in [7, 11) is 0. The summed E-state index contributed by atoms with van der Waals surface area (Å²) in [6, 6.07) is 8.09. The van der Waals surface area contributed by atoms with Crippen LogP contribution < -0.4 is 0 Å². The topological polar surface area (TPSA) is 33.1 Å². The fourth-order valence-corrected chi connectivity index (χ4v) is 3.05. The maximum Gasteiger partial charge on any atom is 0.0960 e. The molecule has 0 radical (unpaired) electrons. The molecular formula is C15H19NOS. The molecule has 2 rings (SSSR count). The summed E-state index contributed by atoms with van der Waals surface area (Å²) < 4.78 is 0. The summed E-state index contributed by atoms with van der Waals surface area (Å²) in [5, 5.41) is 11.4. The van der Waals surface area contributed by atoms with E-state index in [9.17, 15) is 5.11 Å². The van der Waals surface area contributed by atoms with E-state index in [1.807, 2.05) is 25.1 Å². The minimum absolute atomic E-state index is 0.453. The van der Waals surface area contributed by atoms with Gasteiger partial charge in [0.2, 0.25) is 0 Å². The number of rotatable bonds is 4. The third-order valence-corrected chi connectivity index (χ3v) is 4.33. The molecule has 2 nitrogen and oxygen atoms in total. The molecule has 0 spiro atoms. The van der Waals surface area contributed by atoms with Crippen LogP contribution in [0.4, 0.5) is 0 Å². The number of aryl methyl sites for hydroxylation is 3.